The van der Waals surface area contributed by atoms with Gasteiger partial charge in [-0.2, -0.15) is 0 Å². The molecule has 0 aliphatic carbocycles. The van der Waals surface area contributed by atoms with Crippen LogP contribution in [0.3, 0.4) is 0 Å². The van der Waals surface area contributed by atoms with Crippen LogP contribution >= 0.6 is 0 Å². The number of urea groups is 1. The molecular formula is C21H25N5O3S. The molecule has 0 spiro atoms. The number of amides is 2. The van der Waals surface area contributed by atoms with Gasteiger partial charge in [-0.05, 0) is 61.2 Å². The van der Waals surface area contributed by atoms with E-state index in [1.54, 1.807) is 48.8 Å². The van der Waals surface area contributed by atoms with Crippen LogP contribution in [0.5, 0.6) is 0 Å². The van der Waals surface area contributed by atoms with E-state index in [1.807, 2.05) is 19.1 Å². The number of carbonyl (C=O) groups is 1. The Labute approximate surface area is 175 Å². The minimum absolute atomic E-state index is 0.234. The van der Waals surface area contributed by atoms with Crippen LogP contribution in [-0.2, 0) is 16.4 Å². The van der Waals surface area contributed by atoms with E-state index in [9.17, 15) is 13.2 Å². The van der Waals surface area contributed by atoms with Crippen molar-refractivity contribution >= 4 is 32.5 Å². The number of nitrogens with zero attached hydrogens (tertiary/aromatic N) is 1. The van der Waals surface area contributed by atoms with E-state index in [1.165, 1.54) is 0 Å². The molecule has 3 rings (SSSR count). The number of carbonyl (C=O) groups excluding carboxylic acids is 1. The lowest BCUT2D eigenvalue weighted by Crippen LogP contribution is -2.40. The van der Waals surface area contributed by atoms with Crippen molar-refractivity contribution in [3.8, 4) is 0 Å². The summed E-state index contributed by atoms with van der Waals surface area (Å²) >= 11 is 0. The zero-order valence-electron chi connectivity index (χ0n) is 16.6. The minimum atomic E-state index is -3.61. The molecule has 9 heteroatoms. The highest BCUT2D eigenvalue weighted by atomic mass is 32.2. The summed E-state index contributed by atoms with van der Waals surface area (Å²) in [6, 6.07) is 13.3. The molecule has 0 radical (unpaired) electrons. The van der Waals surface area contributed by atoms with Crippen LogP contribution in [-0.4, -0.2) is 38.6 Å². The molecule has 5 N–H and O–H groups in total. The van der Waals surface area contributed by atoms with Gasteiger partial charge in [-0.15, -0.1) is 0 Å². The molecule has 8 nitrogen and oxygen atoms in total. The van der Waals surface area contributed by atoms with E-state index in [0.29, 0.717) is 18.8 Å². The first kappa shape index (κ1) is 21.7. The van der Waals surface area contributed by atoms with Gasteiger partial charge in [0.25, 0.3) is 0 Å². The first-order valence-electron chi connectivity index (χ1n) is 9.56. The summed E-state index contributed by atoms with van der Waals surface area (Å²) in [6.45, 7) is 3.01. The summed E-state index contributed by atoms with van der Waals surface area (Å²) in [5.74, 6) is 0. The first-order chi connectivity index (χ1) is 14.3. The molecule has 0 fully saturated rings. The Bertz CT molecular complexity index is 1120. The summed E-state index contributed by atoms with van der Waals surface area (Å²) in [6.07, 6.45) is 4.11. The number of rotatable bonds is 9. The SMILES string of the molecule is C[C@H](CNCCc1ccc(NC(N)=O)cc1)NS(=O)(=O)c1ccc2cnccc2c1. The molecule has 0 aliphatic heterocycles. The Morgan fingerprint density at radius 3 is 2.60 bits per heavy atom. The van der Waals surface area contributed by atoms with Crippen molar-refractivity contribution < 1.29 is 13.2 Å². The highest BCUT2D eigenvalue weighted by molar-refractivity contribution is 7.89. The molecule has 3 aromatic rings. The van der Waals surface area contributed by atoms with Gasteiger partial charge in [0.2, 0.25) is 10.0 Å². The first-order valence-corrected chi connectivity index (χ1v) is 11.0. The molecule has 0 unspecified atom stereocenters. The van der Waals surface area contributed by atoms with Crippen molar-refractivity contribution in [1.82, 2.24) is 15.0 Å². The van der Waals surface area contributed by atoms with Crippen LogP contribution in [0.4, 0.5) is 10.5 Å². The standard InChI is InChI=1S/C21H25N5O3S/c1-15(13-23-10-8-16-2-5-19(6-3-16)25-21(22)27)26-30(28,29)20-7-4-18-14-24-11-9-17(18)12-20/h2-7,9,11-12,14-15,23,26H,8,10,13H2,1H3,(H3,22,25,27)/t15-/m1/s1. The Kier molecular flexibility index (Phi) is 6.99. The third-order valence-corrected chi connectivity index (χ3v) is 6.13. The van der Waals surface area contributed by atoms with E-state index < -0.39 is 16.1 Å². The average Bonchev–Trinajstić information content (AvgIpc) is 2.71. The van der Waals surface area contributed by atoms with E-state index in [4.69, 9.17) is 5.73 Å². The number of nitrogens with one attached hydrogen (secondary N) is 3. The lowest BCUT2D eigenvalue weighted by molar-refractivity contribution is 0.259. The lowest BCUT2D eigenvalue weighted by Gasteiger charge is -2.15. The predicted octanol–water partition coefficient (Wildman–Crippen LogP) is 2.22. The Morgan fingerprint density at radius 1 is 1.10 bits per heavy atom. The smallest absolute Gasteiger partial charge is 0.316 e. The van der Waals surface area contributed by atoms with Gasteiger partial charge >= 0.3 is 6.03 Å². The number of fused-ring (bicyclic) bond motifs is 1. The molecule has 0 aliphatic rings. The van der Waals surface area contributed by atoms with Gasteiger partial charge in [0.05, 0.1) is 4.90 Å². The molecule has 30 heavy (non-hydrogen) atoms. The third-order valence-electron chi connectivity index (χ3n) is 4.54. The lowest BCUT2D eigenvalue weighted by atomic mass is 10.1. The predicted molar refractivity (Wildman–Crippen MR) is 118 cm³/mol. The number of primary amides is 1. The highest BCUT2D eigenvalue weighted by Gasteiger charge is 2.17. The van der Waals surface area contributed by atoms with Gasteiger partial charge in [-0.1, -0.05) is 18.2 Å². The molecule has 1 aromatic heterocycles. The maximum atomic E-state index is 12.7. The Balaban J connectivity index is 1.47. The van der Waals surface area contributed by atoms with Crippen molar-refractivity contribution in [2.24, 2.45) is 5.73 Å². The zero-order valence-corrected chi connectivity index (χ0v) is 17.4. The van der Waals surface area contributed by atoms with Gasteiger partial charge in [0, 0.05) is 36.1 Å². The number of anilines is 1. The summed E-state index contributed by atoms with van der Waals surface area (Å²) in [5, 5.41) is 7.50. The van der Waals surface area contributed by atoms with Gasteiger partial charge in [0.15, 0.2) is 0 Å². The highest BCUT2D eigenvalue weighted by Crippen LogP contribution is 2.18. The maximum absolute atomic E-state index is 12.7. The second-order valence-corrected chi connectivity index (χ2v) is 8.76. The summed E-state index contributed by atoms with van der Waals surface area (Å²) in [7, 11) is -3.61. The molecule has 1 heterocycles. The van der Waals surface area contributed by atoms with Crippen molar-refractivity contribution in [2.75, 3.05) is 18.4 Å². The molecule has 1 atom stereocenters. The van der Waals surface area contributed by atoms with Crippen LogP contribution in [0.1, 0.15) is 12.5 Å². The molecule has 0 saturated heterocycles. The zero-order chi connectivity index (χ0) is 21.6. The van der Waals surface area contributed by atoms with Crippen LogP contribution in [0.25, 0.3) is 10.8 Å². The number of aromatic nitrogens is 1. The Morgan fingerprint density at radius 2 is 1.87 bits per heavy atom. The van der Waals surface area contributed by atoms with Crippen molar-refractivity contribution in [2.45, 2.75) is 24.3 Å². The molecule has 158 valence electrons. The second-order valence-electron chi connectivity index (χ2n) is 7.05. The van der Waals surface area contributed by atoms with E-state index in [2.05, 4.69) is 20.3 Å². The quantitative estimate of drug-likeness (QED) is 0.390. The molecule has 0 bridgehead atoms. The van der Waals surface area contributed by atoms with Gasteiger partial charge in [-0.3, -0.25) is 4.98 Å². The van der Waals surface area contributed by atoms with E-state index in [-0.39, 0.29) is 10.9 Å². The van der Waals surface area contributed by atoms with E-state index in [0.717, 1.165) is 22.8 Å². The van der Waals surface area contributed by atoms with Crippen LogP contribution in [0, 0.1) is 0 Å². The van der Waals surface area contributed by atoms with Gasteiger partial charge in [-0.25, -0.2) is 17.9 Å². The van der Waals surface area contributed by atoms with Gasteiger partial charge < -0.3 is 16.4 Å². The third kappa shape index (κ3) is 5.99. The molecule has 0 saturated carbocycles. The van der Waals surface area contributed by atoms with Crippen molar-refractivity contribution in [1.29, 1.82) is 0 Å². The van der Waals surface area contributed by atoms with Crippen LogP contribution < -0.4 is 21.1 Å². The van der Waals surface area contributed by atoms with Crippen LogP contribution in [0.15, 0.2) is 65.8 Å². The fourth-order valence-corrected chi connectivity index (χ4v) is 4.33. The largest absolute Gasteiger partial charge is 0.351 e. The number of benzene rings is 2. The minimum Gasteiger partial charge on any atom is -0.351 e. The summed E-state index contributed by atoms with van der Waals surface area (Å²) < 4.78 is 28.0. The number of hydrogen-bond acceptors (Lipinski definition) is 5. The van der Waals surface area contributed by atoms with E-state index >= 15 is 0 Å². The number of hydrogen-bond donors (Lipinski definition) is 4. The fourth-order valence-electron chi connectivity index (χ4n) is 3.05. The Hall–Kier alpha value is -3.01. The maximum Gasteiger partial charge on any atom is 0.316 e. The molecule has 2 amide bonds. The van der Waals surface area contributed by atoms with Crippen molar-refractivity contribution in [3.63, 3.8) is 0 Å². The summed E-state index contributed by atoms with van der Waals surface area (Å²) in [4.78, 5) is 15.1. The second kappa shape index (κ2) is 9.66. The normalized spacial score (nSPS) is 12.6. The van der Waals surface area contributed by atoms with Crippen molar-refractivity contribution in [3.05, 3.63) is 66.5 Å². The molecule has 2 aromatic carbocycles. The number of sulfonamides is 1. The van der Waals surface area contributed by atoms with Crippen LogP contribution in [0.2, 0.25) is 0 Å². The topological polar surface area (TPSA) is 126 Å². The summed E-state index contributed by atoms with van der Waals surface area (Å²) in [5.41, 5.74) is 6.82. The molecular weight excluding hydrogens is 402 g/mol. The number of nitrogens with two attached hydrogens (primary N) is 1. The monoisotopic (exact) mass is 427 g/mol. The average molecular weight is 428 g/mol. The van der Waals surface area contributed by atoms with Gasteiger partial charge in [0.1, 0.15) is 0 Å². The number of pyridine rings is 1. The fraction of sp³-hybridized carbons (Fsp3) is 0.238.